The Balaban J connectivity index is 2.88. The fourth-order valence-electron chi connectivity index (χ4n) is 2.34. The molecule has 0 aliphatic heterocycles. The molecule has 1 rings (SSSR count). The molecule has 0 aromatic heterocycles. The number of hydrogen-bond donors (Lipinski definition) is 0. The van der Waals surface area contributed by atoms with E-state index in [9.17, 15) is 4.79 Å². The molecule has 0 heterocycles. The van der Waals surface area contributed by atoms with Crippen molar-refractivity contribution in [1.29, 1.82) is 0 Å². The first-order valence-corrected chi connectivity index (χ1v) is 7.41. The third-order valence-electron chi connectivity index (χ3n) is 4.25. The predicted octanol–water partition coefficient (Wildman–Crippen LogP) is 4.43. The van der Waals surface area contributed by atoms with Crippen molar-refractivity contribution >= 4 is 17.5 Å². The molecule has 92 valence electrons. The van der Waals surface area contributed by atoms with Gasteiger partial charge in [-0.3, -0.25) is 4.79 Å². The highest BCUT2D eigenvalue weighted by atomic mass is 32.2. The number of allylic oxidation sites excluding steroid dienone is 2. The Labute approximate surface area is 104 Å². The van der Waals surface area contributed by atoms with Gasteiger partial charge in [-0.1, -0.05) is 27.2 Å². The van der Waals surface area contributed by atoms with Crippen molar-refractivity contribution in [1.82, 2.24) is 0 Å². The first-order chi connectivity index (χ1) is 7.42. The van der Waals surface area contributed by atoms with Crippen molar-refractivity contribution in [2.24, 2.45) is 11.3 Å². The van der Waals surface area contributed by atoms with Crippen molar-refractivity contribution in [3.05, 3.63) is 10.5 Å². The van der Waals surface area contributed by atoms with Crippen molar-refractivity contribution in [2.45, 2.75) is 53.4 Å². The van der Waals surface area contributed by atoms with E-state index in [-0.39, 0.29) is 0 Å². The van der Waals surface area contributed by atoms with Crippen LogP contribution in [0.5, 0.6) is 0 Å². The van der Waals surface area contributed by atoms with E-state index < -0.39 is 0 Å². The fraction of sp³-hybridized carbons (Fsp3) is 0.786. The summed E-state index contributed by atoms with van der Waals surface area (Å²) in [7, 11) is 0. The Morgan fingerprint density at radius 2 is 2.12 bits per heavy atom. The maximum absolute atomic E-state index is 11.9. The molecule has 16 heavy (non-hydrogen) atoms. The molecule has 0 N–H and O–H groups in total. The molecule has 0 aromatic carbocycles. The number of thioether (sulfide) groups is 1. The zero-order valence-electron chi connectivity index (χ0n) is 11.2. The summed E-state index contributed by atoms with van der Waals surface area (Å²) in [6.07, 6.45) is 6.07. The summed E-state index contributed by atoms with van der Waals surface area (Å²) in [4.78, 5) is 13.1. The van der Waals surface area contributed by atoms with Crippen molar-refractivity contribution in [3.8, 4) is 0 Å². The Bertz CT molecular complexity index is 302. The predicted molar refractivity (Wildman–Crippen MR) is 72.6 cm³/mol. The molecule has 1 nitrogen and oxygen atoms in total. The molecule has 2 heteroatoms. The molecule has 1 aliphatic rings. The molecule has 1 saturated carbocycles. The minimum absolute atomic E-state index is 0.366. The van der Waals surface area contributed by atoms with Gasteiger partial charge in [-0.05, 0) is 42.3 Å². The maximum atomic E-state index is 11.9. The third-order valence-corrected chi connectivity index (χ3v) is 5.11. The van der Waals surface area contributed by atoms with Gasteiger partial charge in [0, 0.05) is 12.0 Å². The van der Waals surface area contributed by atoms with Gasteiger partial charge in [0.15, 0.2) is 5.78 Å². The van der Waals surface area contributed by atoms with Gasteiger partial charge in [0.1, 0.15) is 0 Å². The Morgan fingerprint density at radius 1 is 1.50 bits per heavy atom. The molecule has 1 fully saturated rings. The van der Waals surface area contributed by atoms with Crippen LogP contribution in [0.15, 0.2) is 10.5 Å². The summed E-state index contributed by atoms with van der Waals surface area (Å²) in [5.41, 5.74) is 1.47. The lowest BCUT2D eigenvalue weighted by Crippen LogP contribution is -2.29. The van der Waals surface area contributed by atoms with E-state index >= 15 is 0 Å². The second-order valence-electron chi connectivity index (χ2n) is 5.44. The van der Waals surface area contributed by atoms with Gasteiger partial charge in [-0.25, -0.2) is 0 Å². The topological polar surface area (TPSA) is 17.1 Å². The highest BCUT2D eigenvalue weighted by Gasteiger charge is 2.34. The summed E-state index contributed by atoms with van der Waals surface area (Å²) >= 11 is 1.71. The van der Waals surface area contributed by atoms with E-state index in [1.165, 1.54) is 11.3 Å². The number of hydrogen-bond acceptors (Lipinski definition) is 2. The van der Waals surface area contributed by atoms with Crippen LogP contribution in [0.25, 0.3) is 0 Å². The second-order valence-corrected chi connectivity index (χ2v) is 6.46. The molecular formula is C14H24OS. The van der Waals surface area contributed by atoms with Gasteiger partial charge >= 0.3 is 0 Å². The minimum atomic E-state index is 0.366. The van der Waals surface area contributed by atoms with Crippen LogP contribution in [0.2, 0.25) is 0 Å². The van der Waals surface area contributed by atoms with Gasteiger partial charge in [0.05, 0.1) is 0 Å². The van der Waals surface area contributed by atoms with Crippen molar-refractivity contribution < 1.29 is 4.79 Å². The highest BCUT2D eigenvalue weighted by molar-refractivity contribution is 8.02. The van der Waals surface area contributed by atoms with E-state index in [2.05, 4.69) is 34.0 Å². The number of ketones is 1. The lowest BCUT2D eigenvalue weighted by atomic mass is 9.68. The van der Waals surface area contributed by atoms with Gasteiger partial charge in [0.2, 0.25) is 0 Å². The first kappa shape index (κ1) is 13.8. The summed E-state index contributed by atoms with van der Waals surface area (Å²) < 4.78 is 0. The Hall–Kier alpha value is -0.240. The average Bonchev–Trinajstić information content (AvgIpc) is 2.28. The lowest BCUT2D eigenvalue weighted by molar-refractivity contribution is -0.117. The van der Waals surface area contributed by atoms with Crippen LogP contribution in [-0.2, 0) is 4.79 Å². The molecule has 0 saturated heterocycles. The van der Waals surface area contributed by atoms with Crippen LogP contribution >= 0.6 is 11.8 Å². The molecular weight excluding hydrogens is 216 g/mol. The molecule has 0 bridgehead atoms. The maximum Gasteiger partial charge on any atom is 0.159 e. The zero-order chi connectivity index (χ0) is 12.3. The fourth-order valence-corrected chi connectivity index (χ4v) is 2.78. The SMILES string of the molecule is CCC(C)(C)C1CCC(=O)/C(=C(/C)SC)C1. The second kappa shape index (κ2) is 5.39. The summed E-state index contributed by atoms with van der Waals surface area (Å²) in [5, 5.41) is 0. The summed E-state index contributed by atoms with van der Waals surface area (Å²) in [5.74, 6) is 1.06. The summed E-state index contributed by atoms with van der Waals surface area (Å²) in [6, 6.07) is 0. The van der Waals surface area contributed by atoms with E-state index in [1.54, 1.807) is 11.8 Å². The monoisotopic (exact) mass is 240 g/mol. The Morgan fingerprint density at radius 3 is 2.62 bits per heavy atom. The molecule has 1 unspecified atom stereocenters. The first-order valence-electron chi connectivity index (χ1n) is 6.19. The number of rotatable bonds is 3. The smallest absolute Gasteiger partial charge is 0.159 e. The normalized spacial score (nSPS) is 25.8. The third kappa shape index (κ3) is 2.91. The van der Waals surface area contributed by atoms with Gasteiger partial charge in [-0.2, -0.15) is 0 Å². The largest absolute Gasteiger partial charge is 0.295 e. The molecule has 1 aliphatic carbocycles. The number of carbonyl (C=O) groups excluding carboxylic acids is 1. The van der Waals surface area contributed by atoms with E-state index in [1.807, 2.05) is 0 Å². The minimum Gasteiger partial charge on any atom is -0.295 e. The van der Waals surface area contributed by atoms with Gasteiger partial charge < -0.3 is 0 Å². The van der Waals surface area contributed by atoms with Crippen LogP contribution < -0.4 is 0 Å². The van der Waals surface area contributed by atoms with Crippen LogP contribution in [0, 0.1) is 11.3 Å². The molecule has 0 amide bonds. The van der Waals surface area contributed by atoms with E-state index in [4.69, 9.17) is 0 Å². The zero-order valence-corrected chi connectivity index (χ0v) is 12.0. The standard InChI is InChI=1S/C14H24OS/c1-6-14(3,4)11-7-8-13(15)12(9-11)10(2)16-5/h11H,6-9H2,1-5H3/b12-10-. The van der Waals surface area contributed by atoms with Crippen LogP contribution in [-0.4, -0.2) is 12.0 Å². The molecule has 0 aromatic rings. The summed E-state index contributed by atoms with van der Waals surface area (Å²) in [6.45, 7) is 9.00. The average molecular weight is 240 g/mol. The lowest BCUT2D eigenvalue weighted by Gasteiger charge is -2.37. The van der Waals surface area contributed by atoms with Crippen molar-refractivity contribution in [3.63, 3.8) is 0 Å². The van der Waals surface area contributed by atoms with Crippen molar-refractivity contribution in [2.75, 3.05) is 6.26 Å². The molecule has 0 radical (unpaired) electrons. The van der Waals surface area contributed by atoms with Crippen LogP contribution in [0.1, 0.15) is 53.4 Å². The van der Waals surface area contributed by atoms with Gasteiger partial charge in [0.25, 0.3) is 0 Å². The molecule has 0 spiro atoms. The number of carbonyl (C=O) groups is 1. The quantitative estimate of drug-likeness (QED) is 0.679. The van der Waals surface area contributed by atoms with Crippen LogP contribution in [0.4, 0.5) is 0 Å². The molecule has 1 atom stereocenters. The van der Waals surface area contributed by atoms with E-state index in [0.29, 0.717) is 17.1 Å². The Kier molecular flexibility index (Phi) is 4.66. The van der Waals surface area contributed by atoms with E-state index in [0.717, 1.165) is 24.8 Å². The highest BCUT2D eigenvalue weighted by Crippen LogP contribution is 2.42. The van der Waals surface area contributed by atoms with Gasteiger partial charge in [-0.15, -0.1) is 11.8 Å². The number of Topliss-reactive ketones (excluding diaryl/α,β-unsaturated/α-hetero) is 1. The van der Waals surface area contributed by atoms with Crippen LogP contribution in [0.3, 0.4) is 0 Å².